The molecule has 1 heterocycles. The van der Waals surface area contributed by atoms with E-state index in [0.29, 0.717) is 13.1 Å². The van der Waals surface area contributed by atoms with Crippen LogP contribution in [0.1, 0.15) is 12.6 Å². The molecule has 14 heavy (non-hydrogen) atoms. The van der Waals surface area contributed by atoms with Crippen LogP contribution in [0.25, 0.3) is 0 Å². The van der Waals surface area contributed by atoms with Gasteiger partial charge >= 0.3 is 0 Å². The van der Waals surface area contributed by atoms with Gasteiger partial charge in [0.05, 0.1) is 5.69 Å². The number of primary amides is 1. The zero-order chi connectivity index (χ0) is 10.4. The predicted octanol–water partition coefficient (Wildman–Crippen LogP) is 0.293. The van der Waals surface area contributed by atoms with Crippen LogP contribution in [0.4, 0.5) is 0 Å². The fourth-order valence-electron chi connectivity index (χ4n) is 1.02. The molecule has 3 N–H and O–H groups in total. The van der Waals surface area contributed by atoms with Gasteiger partial charge in [0, 0.05) is 25.2 Å². The predicted molar refractivity (Wildman–Crippen MR) is 54.3 cm³/mol. The number of nitrogens with zero attached hydrogens (tertiary/aromatic N) is 1. The van der Waals surface area contributed by atoms with Crippen molar-refractivity contribution in [3.05, 3.63) is 30.1 Å². The minimum absolute atomic E-state index is 0.140. The standard InChI is InChI=1S/C10H15N3O/c1-8(10(11)14)6-12-7-9-4-2-3-5-13-9/h2-5,8,12H,6-7H2,1H3,(H2,11,14). The number of nitrogens with one attached hydrogen (secondary N) is 1. The van der Waals surface area contributed by atoms with Gasteiger partial charge in [-0.25, -0.2) is 0 Å². The molecule has 1 unspecified atom stereocenters. The molecule has 0 saturated heterocycles. The molecule has 0 bridgehead atoms. The molecule has 0 aliphatic rings. The highest BCUT2D eigenvalue weighted by Gasteiger charge is 2.06. The average molecular weight is 193 g/mol. The SMILES string of the molecule is CC(CNCc1ccccn1)C(N)=O. The van der Waals surface area contributed by atoms with Crippen molar-refractivity contribution in [2.75, 3.05) is 6.54 Å². The number of carbonyl (C=O) groups is 1. The van der Waals surface area contributed by atoms with Crippen molar-refractivity contribution in [1.82, 2.24) is 10.3 Å². The first-order valence-corrected chi connectivity index (χ1v) is 4.60. The monoisotopic (exact) mass is 193 g/mol. The van der Waals surface area contributed by atoms with Gasteiger partial charge < -0.3 is 11.1 Å². The Morgan fingerprint density at radius 2 is 2.43 bits per heavy atom. The lowest BCUT2D eigenvalue weighted by molar-refractivity contribution is -0.121. The Hall–Kier alpha value is -1.42. The molecule has 0 aromatic carbocycles. The number of aromatic nitrogens is 1. The molecule has 1 amide bonds. The van der Waals surface area contributed by atoms with Gasteiger partial charge in [-0.15, -0.1) is 0 Å². The fourth-order valence-corrected chi connectivity index (χ4v) is 1.02. The quantitative estimate of drug-likeness (QED) is 0.706. The van der Waals surface area contributed by atoms with Crippen molar-refractivity contribution in [1.29, 1.82) is 0 Å². The Balaban J connectivity index is 2.26. The molecule has 1 aromatic heterocycles. The summed E-state index contributed by atoms with van der Waals surface area (Å²) >= 11 is 0. The first-order chi connectivity index (χ1) is 6.70. The van der Waals surface area contributed by atoms with Gasteiger partial charge in [-0.3, -0.25) is 9.78 Å². The first-order valence-electron chi connectivity index (χ1n) is 4.60. The van der Waals surface area contributed by atoms with E-state index >= 15 is 0 Å². The molecule has 0 saturated carbocycles. The van der Waals surface area contributed by atoms with Gasteiger partial charge in [0.25, 0.3) is 0 Å². The molecule has 0 spiro atoms. The Morgan fingerprint density at radius 3 is 3.00 bits per heavy atom. The second-order valence-corrected chi connectivity index (χ2v) is 3.26. The second-order valence-electron chi connectivity index (χ2n) is 3.26. The van der Waals surface area contributed by atoms with Gasteiger partial charge in [-0.05, 0) is 12.1 Å². The Kier molecular flexibility index (Phi) is 4.07. The van der Waals surface area contributed by atoms with Crippen LogP contribution >= 0.6 is 0 Å². The molecule has 0 fully saturated rings. The Bertz CT molecular complexity index is 287. The summed E-state index contributed by atoms with van der Waals surface area (Å²) in [4.78, 5) is 14.9. The molecule has 1 rings (SSSR count). The number of nitrogens with two attached hydrogens (primary N) is 1. The van der Waals surface area contributed by atoms with Crippen LogP contribution in [-0.2, 0) is 11.3 Å². The third-order valence-corrected chi connectivity index (χ3v) is 1.97. The fraction of sp³-hybridized carbons (Fsp3) is 0.400. The van der Waals surface area contributed by atoms with E-state index in [-0.39, 0.29) is 11.8 Å². The molecule has 76 valence electrons. The molecule has 4 heteroatoms. The van der Waals surface area contributed by atoms with Gasteiger partial charge in [-0.2, -0.15) is 0 Å². The van der Waals surface area contributed by atoms with Gasteiger partial charge in [0.15, 0.2) is 0 Å². The molecule has 1 aromatic rings. The number of hydrogen-bond donors (Lipinski definition) is 2. The number of amides is 1. The van der Waals surface area contributed by atoms with Crippen molar-refractivity contribution in [2.45, 2.75) is 13.5 Å². The van der Waals surface area contributed by atoms with Crippen LogP contribution in [0.2, 0.25) is 0 Å². The van der Waals surface area contributed by atoms with E-state index in [2.05, 4.69) is 10.3 Å². The highest BCUT2D eigenvalue weighted by Crippen LogP contribution is 1.94. The van der Waals surface area contributed by atoms with Gasteiger partial charge in [0.2, 0.25) is 5.91 Å². The summed E-state index contributed by atoms with van der Waals surface area (Å²) in [5.41, 5.74) is 6.08. The normalized spacial score (nSPS) is 12.4. The van der Waals surface area contributed by atoms with E-state index in [1.54, 1.807) is 13.1 Å². The van der Waals surface area contributed by atoms with E-state index in [4.69, 9.17) is 5.73 Å². The highest BCUT2D eigenvalue weighted by atomic mass is 16.1. The van der Waals surface area contributed by atoms with Crippen LogP contribution in [0.5, 0.6) is 0 Å². The lowest BCUT2D eigenvalue weighted by Crippen LogP contribution is -2.30. The summed E-state index contributed by atoms with van der Waals surface area (Å²) in [5.74, 6) is -0.419. The molecule has 4 nitrogen and oxygen atoms in total. The third-order valence-electron chi connectivity index (χ3n) is 1.97. The lowest BCUT2D eigenvalue weighted by atomic mass is 10.2. The summed E-state index contributed by atoms with van der Waals surface area (Å²) in [5, 5.41) is 3.12. The van der Waals surface area contributed by atoms with Crippen LogP contribution < -0.4 is 11.1 Å². The smallest absolute Gasteiger partial charge is 0.221 e. The van der Waals surface area contributed by atoms with Crippen molar-refractivity contribution in [3.63, 3.8) is 0 Å². The minimum atomic E-state index is -0.279. The minimum Gasteiger partial charge on any atom is -0.369 e. The average Bonchev–Trinajstić information content (AvgIpc) is 2.19. The van der Waals surface area contributed by atoms with E-state index in [1.165, 1.54) is 0 Å². The number of rotatable bonds is 5. The van der Waals surface area contributed by atoms with Crippen LogP contribution in [0, 0.1) is 5.92 Å². The van der Waals surface area contributed by atoms with Crippen LogP contribution in [0.3, 0.4) is 0 Å². The number of pyridine rings is 1. The zero-order valence-corrected chi connectivity index (χ0v) is 8.23. The highest BCUT2D eigenvalue weighted by molar-refractivity contribution is 5.76. The van der Waals surface area contributed by atoms with E-state index in [1.807, 2.05) is 18.2 Å². The summed E-state index contributed by atoms with van der Waals surface area (Å²) in [7, 11) is 0. The molecular formula is C10H15N3O. The van der Waals surface area contributed by atoms with Crippen molar-refractivity contribution in [2.24, 2.45) is 11.7 Å². The van der Waals surface area contributed by atoms with Crippen molar-refractivity contribution < 1.29 is 4.79 Å². The second kappa shape index (κ2) is 5.34. The molecule has 0 aliphatic carbocycles. The van der Waals surface area contributed by atoms with Crippen LogP contribution in [0.15, 0.2) is 24.4 Å². The molecule has 1 atom stereocenters. The zero-order valence-electron chi connectivity index (χ0n) is 8.23. The summed E-state index contributed by atoms with van der Waals surface area (Å²) in [6.07, 6.45) is 1.74. The Labute approximate surface area is 83.5 Å². The molecule has 0 radical (unpaired) electrons. The van der Waals surface area contributed by atoms with Crippen molar-refractivity contribution in [3.8, 4) is 0 Å². The van der Waals surface area contributed by atoms with E-state index in [9.17, 15) is 4.79 Å². The van der Waals surface area contributed by atoms with E-state index in [0.717, 1.165) is 5.69 Å². The summed E-state index contributed by atoms with van der Waals surface area (Å²) in [6.45, 7) is 3.05. The van der Waals surface area contributed by atoms with Gasteiger partial charge in [0.1, 0.15) is 0 Å². The van der Waals surface area contributed by atoms with Gasteiger partial charge in [-0.1, -0.05) is 13.0 Å². The lowest BCUT2D eigenvalue weighted by Gasteiger charge is -2.08. The molecule has 0 aliphatic heterocycles. The third kappa shape index (κ3) is 3.53. The summed E-state index contributed by atoms with van der Waals surface area (Å²) in [6, 6.07) is 5.74. The summed E-state index contributed by atoms with van der Waals surface area (Å²) < 4.78 is 0. The maximum Gasteiger partial charge on any atom is 0.221 e. The first kappa shape index (κ1) is 10.7. The number of carbonyl (C=O) groups excluding carboxylic acids is 1. The Morgan fingerprint density at radius 1 is 1.64 bits per heavy atom. The maximum atomic E-state index is 10.7. The van der Waals surface area contributed by atoms with Crippen molar-refractivity contribution >= 4 is 5.91 Å². The topological polar surface area (TPSA) is 68.0 Å². The number of hydrogen-bond acceptors (Lipinski definition) is 3. The largest absolute Gasteiger partial charge is 0.369 e. The van der Waals surface area contributed by atoms with E-state index < -0.39 is 0 Å². The molecular weight excluding hydrogens is 178 g/mol. The van der Waals surface area contributed by atoms with Crippen LogP contribution in [-0.4, -0.2) is 17.4 Å². The maximum absolute atomic E-state index is 10.7.